The maximum Gasteiger partial charge on any atom is 0.184 e. The van der Waals surface area contributed by atoms with Gasteiger partial charge in [-0.05, 0) is 6.42 Å². The lowest BCUT2D eigenvalue weighted by atomic mass is 10.0. The molecule has 2 atom stereocenters. The first-order chi connectivity index (χ1) is 10.3. The molecule has 0 N–H and O–H groups in total. The first-order valence-electron chi connectivity index (χ1n) is 7.23. The van der Waals surface area contributed by atoms with E-state index in [0.717, 1.165) is 17.5 Å². The van der Waals surface area contributed by atoms with Gasteiger partial charge in [-0.2, -0.15) is 0 Å². The fraction of sp³-hybridized carbons (Fsp3) is 0.278. The Morgan fingerprint density at radius 3 is 2.38 bits per heavy atom. The number of carbonyl (C=O) groups is 1. The normalized spacial score (nSPS) is 21.9. The SMILES string of the molecule is O=C(C[C@H]1CCO[C@@H](c2ccccc2)O1)c1ccccc1. The number of hydrogen-bond donors (Lipinski definition) is 0. The van der Waals surface area contributed by atoms with Gasteiger partial charge >= 0.3 is 0 Å². The van der Waals surface area contributed by atoms with E-state index >= 15 is 0 Å². The summed E-state index contributed by atoms with van der Waals surface area (Å²) in [6.45, 7) is 0.617. The van der Waals surface area contributed by atoms with Crippen molar-refractivity contribution in [1.82, 2.24) is 0 Å². The molecule has 0 aromatic heterocycles. The van der Waals surface area contributed by atoms with Crippen LogP contribution in [0.1, 0.15) is 35.1 Å². The van der Waals surface area contributed by atoms with Gasteiger partial charge in [0.25, 0.3) is 0 Å². The largest absolute Gasteiger partial charge is 0.348 e. The Labute approximate surface area is 124 Å². The minimum Gasteiger partial charge on any atom is -0.348 e. The first kappa shape index (κ1) is 14.0. The fourth-order valence-corrected chi connectivity index (χ4v) is 2.47. The van der Waals surface area contributed by atoms with Gasteiger partial charge in [-0.3, -0.25) is 4.79 Å². The monoisotopic (exact) mass is 282 g/mol. The molecule has 3 heteroatoms. The molecule has 3 rings (SSSR count). The van der Waals surface area contributed by atoms with E-state index in [-0.39, 0.29) is 18.2 Å². The molecule has 1 aliphatic heterocycles. The van der Waals surface area contributed by atoms with Crippen LogP contribution in [0.3, 0.4) is 0 Å². The maximum absolute atomic E-state index is 12.2. The van der Waals surface area contributed by atoms with Crippen LogP contribution in [0.25, 0.3) is 0 Å². The van der Waals surface area contributed by atoms with Crippen LogP contribution in [0.4, 0.5) is 0 Å². The van der Waals surface area contributed by atoms with Crippen LogP contribution in [-0.2, 0) is 9.47 Å². The zero-order chi connectivity index (χ0) is 14.5. The average Bonchev–Trinajstić information content (AvgIpc) is 2.57. The van der Waals surface area contributed by atoms with Gasteiger partial charge in [0.05, 0.1) is 12.7 Å². The minimum atomic E-state index is -0.367. The summed E-state index contributed by atoms with van der Waals surface area (Å²) >= 11 is 0. The Hall–Kier alpha value is -1.97. The van der Waals surface area contributed by atoms with Gasteiger partial charge in [-0.1, -0.05) is 60.7 Å². The molecule has 108 valence electrons. The van der Waals surface area contributed by atoms with E-state index in [2.05, 4.69) is 0 Å². The summed E-state index contributed by atoms with van der Waals surface area (Å²) < 4.78 is 11.6. The number of carbonyl (C=O) groups excluding carboxylic acids is 1. The molecule has 0 radical (unpaired) electrons. The molecule has 2 aromatic carbocycles. The second kappa shape index (κ2) is 6.66. The maximum atomic E-state index is 12.2. The van der Waals surface area contributed by atoms with Crippen molar-refractivity contribution < 1.29 is 14.3 Å². The highest BCUT2D eigenvalue weighted by molar-refractivity contribution is 5.96. The smallest absolute Gasteiger partial charge is 0.184 e. The van der Waals surface area contributed by atoms with Gasteiger partial charge in [-0.25, -0.2) is 0 Å². The third-order valence-corrected chi connectivity index (χ3v) is 3.61. The van der Waals surface area contributed by atoms with Gasteiger partial charge in [0.1, 0.15) is 0 Å². The van der Waals surface area contributed by atoms with Gasteiger partial charge in [0, 0.05) is 17.5 Å². The second-order valence-electron chi connectivity index (χ2n) is 5.15. The summed E-state index contributed by atoms with van der Waals surface area (Å²) in [6.07, 6.45) is 0.698. The molecule has 0 saturated carbocycles. The summed E-state index contributed by atoms with van der Waals surface area (Å²) in [5.74, 6) is 0.120. The van der Waals surface area contributed by atoms with E-state index in [0.29, 0.717) is 13.0 Å². The molecule has 1 aliphatic rings. The van der Waals surface area contributed by atoms with Crippen molar-refractivity contribution >= 4 is 5.78 Å². The van der Waals surface area contributed by atoms with Crippen LogP contribution in [0.15, 0.2) is 60.7 Å². The lowest BCUT2D eigenvalue weighted by Crippen LogP contribution is -2.29. The zero-order valence-electron chi connectivity index (χ0n) is 11.8. The summed E-state index contributed by atoms with van der Waals surface area (Å²) in [5.41, 5.74) is 1.73. The lowest BCUT2D eigenvalue weighted by Gasteiger charge is -2.30. The number of ketones is 1. The lowest BCUT2D eigenvalue weighted by molar-refractivity contribution is -0.215. The quantitative estimate of drug-likeness (QED) is 0.801. The van der Waals surface area contributed by atoms with Crippen LogP contribution in [-0.4, -0.2) is 18.5 Å². The van der Waals surface area contributed by atoms with E-state index in [1.54, 1.807) is 0 Å². The molecule has 0 aliphatic carbocycles. The van der Waals surface area contributed by atoms with Crippen LogP contribution >= 0.6 is 0 Å². The van der Waals surface area contributed by atoms with E-state index in [1.165, 1.54) is 0 Å². The zero-order valence-corrected chi connectivity index (χ0v) is 11.8. The molecule has 1 heterocycles. The Bertz CT molecular complexity index is 580. The molecule has 0 bridgehead atoms. The minimum absolute atomic E-state index is 0.0864. The van der Waals surface area contributed by atoms with Gasteiger partial charge in [0.15, 0.2) is 12.1 Å². The van der Waals surface area contributed by atoms with Gasteiger partial charge in [-0.15, -0.1) is 0 Å². The van der Waals surface area contributed by atoms with Crippen molar-refractivity contribution in [2.75, 3.05) is 6.61 Å². The van der Waals surface area contributed by atoms with Gasteiger partial charge in [0.2, 0.25) is 0 Å². The second-order valence-corrected chi connectivity index (χ2v) is 5.15. The van der Waals surface area contributed by atoms with Crippen LogP contribution in [0, 0.1) is 0 Å². The van der Waals surface area contributed by atoms with Crippen molar-refractivity contribution in [2.45, 2.75) is 25.2 Å². The molecule has 21 heavy (non-hydrogen) atoms. The molecular weight excluding hydrogens is 264 g/mol. The highest BCUT2D eigenvalue weighted by Gasteiger charge is 2.26. The Kier molecular flexibility index (Phi) is 4.43. The first-order valence-corrected chi connectivity index (χ1v) is 7.23. The van der Waals surface area contributed by atoms with Gasteiger partial charge < -0.3 is 9.47 Å². The van der Waals surface area contributed by atoms with E-state index in [1.807, 2.05) is 60.7 Å². The number of Topliss-reactive ketones (excluding diaryl/α,β-unsaturated/α-hetero) is 1. The number of benzene rings is 2. The van der Waals surface area contributed by atoms with Crippen LogP contribution < -0.4 is 0 Å². The van der Waals surface area contributed by atoms with Crippen LogP contribution in [0.5, 0.6) is 0 Å². The van der Waals surface area contributed by atoms with Crippen molar-refractivity contribution in [3.05, 3.63) is 71.8 Å². The standard InChI is InChI=1S/C18H18O3/c19-17(14-7-3-1-4-8-14)13-16-11-12-20-18(21-16)15-9-5-2-6-10-15/h1-10,16,18H,11-13H2/t16-,18-/m1/s1. The van der Waals surface area contributed by atoms with Crippen molar-refractivity contribution in [2.24, 2.45) is 0 Å². The molecule has 0 amide bonds. The third kappa shape index (κ3) is 3.57. The van der Waals surface area contributed by atoms with E-state index < -0.39 is 0 Å². The highest BCUT2D eigenvalue weighted by atomic mass is 16.7. The predicted octanol–water partition coefficient (Wildman–Crippen LogP) is 3.76. The highest BCUT2D eigenvalue weighted by Crippen LogP contribution is 2.28. The Morgan fingerprint density at radius 2 is 1.67 bits per heavy atom. The summed E-state index contributed by atoms with van der Waals surface area (Å²) in [5, 5.41) is 0. The Balaban J connectivity index is 1.63. The average molecular weight is 282 g/mol. The summed E-state index contributed by atoms with van der Waals surface area (Å²) in [4.78, 5) is 12.2. The fourth-order valence-electron chi connectivity index (χ4n) is 2.47. The van der Waals surface area contributed by atoms with Crippen molar-refractivity contribution in [3.63, 3.8) is 0 Å². The van der Waals surface area contributed by atoms with Crippen molar-refractivity contribution in [1.29, 1.82) is 0 Å². The summed E-state index contributed by atoms with van der Waals surface area (Å²) in [6, 6.07) is 19.2. The Morgan fingerprint density at radius 1 is 1.00 bits per heavy atom. The molecule has 3 nitrogen and oxygen atoms in total. The topological polar surface area (TPSA) is 35.5 Å². The number of hydrogen-bond acceptors (Lipinski definition) is 3. The molecule has 1 saturated heterocycles. The van der Waals surface area contributed by atoms with Crippen LogP contribution in [0.2, 0.25) is 0 Å². The number of rotatable bonds is 4. The number of ether oxygens (including phenoxy) is 2. The van der Waals surface area contributed by atoms with E-state index in [4.69, 9.17) is 9.47 Å². The molecule has 0 unspecified atom stereocenters. The molecule has 2 aromatic rings. The molecule has 0 spiro atoms. The molecular formula is C18H18O3. The summed E-state index contributed by atoms with van der Waals surface area (Å²) in [7, 11) is 0. The van der Waals surface area contributed by atoms with E-state index in [9.17, 15) is 4.79 Å². The van der Waals surface area contributed by atoms with Crippen molar-refractivity contribution in [3.8, 4) is 0 Å². The third-order valence-electron chi connectivity index (χ3n) is 3.61. The molecule has 1 fully saturated rings. The predicted molar refractivity (Wildman–Crippen MR) is 80.0 cm³/mol.